The lowest BCUT2D eigenvalue weighted by Crippen LogP contribution is -2.24. The third kappa shape index (κ3) is 5.42. The fourth-order valence-electron chi connectivity index (χ4n) is 3.23. The average molecular weight is 452 g/mol. The highest BCUT2D eigenvalue weighted by Gasteiger charge is 2.24. The molecule has 0 aliphatic heterocycles. The van der Waals surface area contributed by atoms with Crippen LogP contribution >= 0.6 is 0 Å². The summed E-state index contributed by atoms with van der Waals surface area (Å²) < 4.78 is 11.3. The Morgan fingerprint density at radius 3 is 2.30 bits per heavy atom. The summed E-state index contributed by atoms with van der Waals surface area (Å²) in [7, 11) is 0. The fraction of sp³-hybridized carbons (Fsp3) is 0.423. The third-order valence-electron chi connectivity index (χ3n) is 5.51. The van der Waals surface area contributed by atoms with Gasteiger partial charge in [0, 0.05) is 17.9 Å². The molecule has 1 N–H and O–H groups in total. The fourth-order valence-corrected chi connectivity index (χ4v) is 3.23. The zero-order valence-electron chi connectivity index (χ0n) is 20.5. The molecule has 0 bridgehead atoms. The van der Waals surface area contributed by atoms with E-state index in [0.717, 1.165) is 16.6 Å². The molecule has 0 spiro atoms. The first kappa shape index (κ1) is 24.5. The molecule has 7 nitrogen and oxygen atoms in total. The number of carbonyl (C=O) groups is 1. The van der Waals surface area contributed by atoms with Crippen molar-refractivity contribution in [2.24, 2.45) is 0 Å². The van der Waals surface area contributed by atoms with Crippen molar-refractivity contribution in [1.29, 1.82) is 0 Å². The van der Waals surface area contributed by atoms with Gasteiger partial charge in [-0.25, -0.2) is 4.79 Å². The molecule has 2 aromatic carbocycles. The summed E-state index contributed by atoms with van der Waals surface area (Å²) in [5, 5.41) is 19.1. The highest BCUT2D eigenvalue weighted by molar-refractivity contribution is 5.87. The van der Waals surface area contributed by atoms with Crippen molar-refractivity contribution < 1.29 is 19.4 Å². The van der Waals surface area contributed by atoms with Gasteiger partial charge < -0.3 is 14.6 Å². The molecular weight excluding hydrogens is 418 g/mol. The SMILES string of the molecule is C=C(C)C(=O)OC(C)Oc1cc(C(C)(C)CO)ccc1-n1nc2ccc(C(C)(C)C)cc2n1. The van der Waals surface area contributed by atoms with E-state index in [1.165, 1.54) is 10.4 Å². The number of carbonyl (C=O) groups excluding carboxylic acids is 1. The lowest BCUT2D eigenvalue weighted by molar-refractivity contribution is -0.156. The van der Waals surface area contributed by atoms with E-state index in [0.29, 0.717) is 11.4 Å². The summed E-state index contributed by atoms with van der Waals surface area (Å²) in [4.78, 5) is 13.5. The van der Waals surface area contributed by atoms with Crippen molar-refractivity contribution in [2.75, 3.05) is 6.61 Å². The van der Waals surface area contributed by atoms with Gasteiger partial charge in [0.2, 0.25) is 6.29 Å². The van der Waals surface area contributed by atoms with Crippen LogP contribution in [0.3, 0.4) is 0 Å². The summed E-state index contributed by atoms with van der Waals surface area (Å²) in [6.07, 6.45) is -0.863. The van der Waals surface area contributed by atoms with Crippen molar-refractivity contribution in [3.63, 3.8) is 0 Å². The van der Waals surface area contributed by atoms with Gasteiger partial charge in [-0.3, -0.25) is 0 Å². The Hall–Kier alpha value is -3.19. The number of hydrogen-bond acceptors (Lipinski definition) is 6. The zero-order valence-corrected chi connectivity index (χ0v) is 20.5. The highest BCUT2D eigenvalue weighted by atomic mass is 16.7. The van der Waals surface area contributed by atoms with E-state index in [9.17, 15) is 9.90 Å². The van der Waals surface area contributed by atoms with Crippen molar-refractivity contribution >= 4 is 17.0 Å². The van der Waals surface area contributed by atoms with E-state index in [1.54, 1.807) is 13.8 Å². The first-order chi connectivity index (χ1) is 15.3. The normalized spacial score (nSPS) is 13.1. The van der Waals surface area contributed by atoms with Crippen LogP contribution in [0, 0.1) is 0 Å². The van der Waals surface area contributed by atoms with E-state index >= 15 is 0 Å². The molecule has 7 heteroatoms. The Labute approximate surface area is 195 Å². The van der Waals surface area contributed by atoms with Gasteiger partial charge in [0.1, 0.15) is 16.7 Å². The molecule has 0 aliphatic carbocycles. The van der Waals surface area contributed by atoms with Gasteiger partial charge in [0.25, 0.3) is 0 Å². The van der Waals surface area contributed by atoms with E-state index < -0.39 is 17.7 Å². The molecule has 176 valence electrons. The van der Waals surface area contributed by atoms with Crippen molar-refractivity contribution in [1.82, 2.24) is 15.0 Å². The van der Waals surface area contributed by atoms with Gasteiger partial charge in [-0.15, -0.1) is 15.0 Å². The third-order valence-corrected chi connectivity index (χ3v) is 5.51. The van der Waals surface area contributed by atoms with Gasteiger partial charge in [-0.05, 0) is 47.7 Å². The molecule has 0 aliphatic rings. The molecule has 1 heterocycles. The van der Waals surface area contributed by atoms with Crippen LogP contribution in [0.1, 0.15) is 59.6 Å². The predicted octanol–water partition coefficient (Wildman–Crippen LogP) is 4.83. The van der Waals surface area contributed by atoms with Crippen molar-refractivity contribution in [3.05, 3.63) is 59.7 Å². The Bertz CT molecular complexity index is 1190. The maximum absolute atomic E-state index is 11.9. The number of nitrogens with zero attached hydrogens (tertiary/aromatic N) is 3. The van der Waals surface area contributed by atoms with E-state index in [4.69, 9.17) is 9.47 Å². The second-order valence-electron chi connectivity index (χ2n) is 10.0. The van der Waals surface area contributed by atoms with Crippen molar-refractivity contribution in [3.8, 4) is 11.4 Å². The number of esters is 1. The lowest BCUT2D eigenvalue weighted by Gasteiger charge is -2.24. The van der Waals surface area contributed by atoms with Crippen LogP contribution in [0.4, 0.5) is 0 Å². The highest BCUT2D eigenvalue weighted by Crippen LogP contribution is 2.32. The Morgan fingerprint density at radius 1 is 1.06 bits per heavy atom. The lowest BCUT2D eigenvalue weighted by atomic mass is 9.85. The number of fused-ring (bicyclic) bond motifs is 1. The van der Waals surface area contributed by atoms with Crippen LogP contribution in [0.5, 0.6) is 5.75 Å². The molecule has 1 aromatic heterocycles. The molecule has 33 heavy (non-hydrogen) atoms. The summed E-state index contributed by atoms with van der Waals surface area (Å²) >= 11 is 0. The number of hydrogen-bond donors (Lipinski definition) is 1. The first-order valence-electron chi connectivity index (χ1n) is 11.0. The monoisotopic (exact) mass is 451 g/mol. The number of aliphatic hydroxyl groups is 1. The molecule has 0 saturated carbocycles. The van der Waals surface area contributed by atoms with Gasteiger partial charge in [0.05, 0.1) is 6.61 Å². The quantitative estimate of drug-likeness (QED) is 0.314. The molecule has 3 aromatic rings. The summed E-state index contributed by atoms with van der Waals surface area (Å²) in [6, 6.07) is 11.6. The predicted molar refractivity (Wildman–Crippen MR) is 129 cm³/mol. The second-order valence-corrected chi connectivity index (χ2v) is 10.0. The molecule has 1 atom stereocenters. The maximum atomic E-state index is 11.9. The molecule has 3 rings (SSSR count). The number of ether oxygens (including phenoxy) is 2. The van der Waals surface area contributed by atoms with Gasteiger partial charge in [0.15, 0.2) is 5.75 Å². The zero-order chi connectivity index (χ0) is 24.6. The second kappa shape index (κ2) is 8.98. The number of benzene rings is 2. The van der Waals surface area contributed by atoms with Crippen LogP contribution in [0.15, 0.2) is 48.6 Å². The van der Waals surface area contributed by atoms with E-state index in [-0.39, 0.29) is 17.6 Å². The largest absolute Gasteiger partial charge is 0.453 e. The van der Waals surface area contributed by atoms with Crippen LogP contribution in [0.25, 0.3) is 16.7 Å². The Balaban J connectivity index is 2.06. The molecule has 0 fully saturated rings. The van der Waals surface area contributed by atoms with Crippen LogP contribution in [-0.4, -0.2) is 39.0 Å². The van der Waals surface area contributed by atoms with Gasteiger partial charge in [-0.1, -0.05) is 53.3 Å². The number of rotatable bonds is 7. The maximum Gasteiger partial charge on any atom is 0.336 e. The topological polar surface area (TPSA) is 86.5 Å². The first-order valence-corrected chi connectivity index (χ1v) is 11.0. The van der Waals surface area contributed by atoms with Crippen LogP contribution in [-0.2, 0) is 20.4 Å². The van der Waals surface area contributed by atoms with E-state index in [1.807, 2.05) is 44.2 Å². The summed E-state index contributed by atoms with van der Waals surface area (Å²) in [5.74, 6) is -0.0963. The van der Waals surface area contributed by atoms with Gasteiger partial charge in [-0.2, -0.15) is 0 Å². The Kier molecular flexibility index (Phi) is 6.65. The molecule has 1 unspecified atom stereocenters. The minimum atomic E-state index is -0.863. The number of aliphatic hydroxyl groups excluding tert-OH is 1. The Morgan fingerprint density at radius 2 is 1.70 bits per heavy atom. The van der Waals surface area contributed by atoms with Crippen LogP contribution < -0.4 is 4.74 Å². The average Bonchev–Trinajstić information content (AvgIpc) is 3.16. The molecule has 0 radical (unpaired) electrons. The van der Waals surface area contributed by atoms with E-state index in [2.05, 4.69) is 43.6 Å². The summed E-state index contributed by atoms with van der Waals surface area (Å²) in [5.41, 5.74) is 3.96. The minimum Gasteiger partial charge on any atom is -0.453 e. The standard InChI is InChI=1S/C26H33N3O4/c1-16(2)24(31)33-17(3)32-23-14-19(26(7,8)15-30)10-12-22(23)29-27-20-11-9-18(25(4,5)6)13-21(20)28-29/h9-14,17,30H,1,15H2,2-8H3. The number of aromatic nitrogens is 3. The molecular formula is C26H33N3O4. The van der Waals surface area contributed by atoms with Gasteiger partial charge >= 0.3 is 5.97 Å². The molecule has 0 saturated heterocycles. The van der Waals surface area contributed by atoms with Crippen molar-refractivity contribution in [2.45, 2.75) is 65.6 Å². The van der Waals surface area contributed by atoms with Crippen LogP contribution in [0.2, 0.25) is 0 Å². The smallest absolute Gasteiger partial charge is 0.336 e. The minimum absolute atomic E-state index is 0.00758. The molecule has 0 amide bonds. The summed E-state index contributed by atoms with van der Waals surface area (Å²) in [6.45, 7) is 17.1.